The van der Waals surface area contributed by atoms with Crippen molar-refractivity contribution in [3.63, 3.8) is 0 Å². The summed E-state index contributed by atoms with van der Waals surface area (Å²) in [4.78, 5) is 8.77. The van der Waals surface area contributed by atoms with Crippen molar-refractivity contribution in [2.75, 3.05) is 17.7 Å². The van der Waals surface area contributed by atoms with Gasteiger partial charge in [0.05, 0.1) is 18.5 Å². The first-order valence-electron chi connectivity index (χ1n) is 7.42. The van der Waals surface area contributed by atoms with Crippen molar-refractivity contribution < 1.29 is 4.74 Å². The largest absolute Gasteiger partial charge is 0.495 e. The average molecular weight is 385 g/mol. The summed E-state index contributed by atoms with van der Waals surface area (Å²) in [6, 6.07) is 15.6. The Morgan fingerprint density at radius 2 is 1.83 bits per heavy atom. The molecule has 3 rings (SSSR count). The first-order chi connectivity index (χ1) is 11.7. The predicted octanol–water partition coefficient (Wildman–Crippen LogP) is 5.04. The summed E-state index contributed by atoms with van der Waals surface area (Å²) in [6.07, 6.45) is 1.71. The summed E-state index contributed by atoms with van der Waals surface area (Å²) < 4.78 is 6.35. The van der Waals surface area contributed by atoms with Crippen molar-refractivity contribution in [3.05, 3.63) is 64.8 Å². The highest BCUT2D eigenvalue weighted by Crippen LogP contribution is 2.28. The van der Waals surface area contributed by atoms with E-state index >= 15 is 0 Å². The molecule has 0 atom stereocenters. The van der Waals surface area contributed by atoms with Crippen molar-refractivity contribution in [2.24, 2.45) is 0 Å². The number of rotatable bonds is 5. The third-order valence-electron chi connectivity index (χ3n) is 3.39. The number of ether oxygens (including phenoxy) is 1. The van der Waals surface area contributed by atoms with Crippen molar-refractivity contribution in [3.8, 4) is 5.75 Å². The second-order valence-electron chi connectivity index (χ2n) is 5.20. The fourth-order valence-corrected chi connectivity index (χ4v) is 2.61. The topological polar surface area (TPSA) is 59.1 Å². The number of benzene rings is 2. The van der Waals surface area contributed by atoms with Gasteiger partial charge in [-0.25, -0.2) is 4.98 Å². The first kappa shape index (κ1) is 16.3. The Kier molecular flexibility index (Phi) is 4.96. The SMILES string of the molecule is COc1ccc(C)cc1Nc1nccc(Nc2ccccc2Br)n1. The van der Waals surface area contributed by atoms with Gasteiger partial charge >= 0.3 is 0 Å². The maximum Gasteiger partial charge on any atom is 0.229 e. The highest BCUT2D eigenvalue weighted by Gasteiger charge is 2.07. The van der Waals surface area contributed by atoms with E-state index in [1.54, 1.807) is 13.3 Å². The van der Waals surface area contributed by atoms with Crippen LogP contribution in [0, 0.1) is 6.92 Å². The van der Waals surface area contributed by atoms with E-state index in [1.165, 1.54) is 0 Å². The van der Waals surface area contributed by atoms with E-state index in [1.807, 2.05) is 55.5 Å². The number of hydrogen-bond acceptors (Lipinski definition) is 5. The molecule has 0 aliphatic heterocycles. The van der Waals surface area contributed by atoms with Gasteiger partial charge in [-0.1, -0.05) is 18.2 Å². The van der Waals surface area contributed by atoms with Gasteiger partial charge in [0.2, 0.25) is 5.95 Å². The summed E-state index contributed by atoms with van der Waals surface area (Å²) >= 11 is 3.51. The molecule has 1 aromatic heterocycles. The minimum absolute atomic E-state index is 0.496. The lowest BCUT2D eigenvalue weighted by atomic mass is 10.2. The van der Waals surface area contributed by atoms with Crippen molar-refractivity contribution in [1.29, 1.82) is 0 Å². The Hall–Kier alpha value is -2.60. The van der Waals surface area contributed by atoms with Gasteiger partial charge in [-0.05, 0) is 58.7 Å². The molecule has 0 radical (unpaired) electrons. The summed E-state index contributed by atoms with van der Waals surface area (Å²) in [5.41, 5.74) is 2.90. The third-order valence-corrected chi connectivity index (χ3v) is 4.09. The van der Waals surface area contributed by atoms with Crippen molar-refractivity contribution in [2.45, 2.75) is 6.92 Å². The smallest absolute Gasteiger partial charge is 0.229 e. The Morgan fingerprint density at radius 1 is 1.00 bits per heavy atom. The van der Waals surface area contributed by atoms with E-state index in [-0.39, 0.29) is 0 Å². The summed E-state index contributed by atoms with van der Waals surface area (Å²) in [6.45, 7) is 2.02. The molecule has 122 valence electrons. The zero-order valence-electron chi connectivity index (χ0n) is 13.4. The van der Waals surface area contributed by atoms with Crippen LogP contribution >= 0.6 is 15.9 Å². The van der Waals surface area contributed by atoms with Crippen LogP contribution in [0.25, 0.3) is 0 Å². The highest BCUT2D eigenvalue weighted by atomic mass is 79.9. The number of halogens is 1. The summed E-state index contributed by atoms with van der Waals surface area (Å²) in [7, 11) is 1.64. The first-order valence-corrected chi connectivity index (χ1v) is 8.21. The third kappa shape index (κ3) is 3.83. The van der Waals surface area contributed by atoms with Crippen LogP contribution in [0.5, 0.6) is 5.75 Å². The molecule has 0 saturated carbocycles. The number of anilines is 4. The van der Waals surface area contributed by atoms with Crippen molar-refractivity contribution >= 4 is 39.1 Å². The molecule has 6 heteroatoms. The molecule has 0 spiro atoms. The lowest BCUT2D eigenvalue weighted by Gasteiger charge is -2.12. The Balaban J connectivity index is 1.84. The zero-order valence-corrected chi connectivity index (χ0v) is 15.0. The van der Waals surface area contributed by atoms with Gasteiger partial charge < -0.3 is 15.4 Å². The molecule has 1 heterocycles. The number of nitrogens with one attached hydrogen (secondary N) is 2. The van der Waals surface area contributed by atoms with Gasteiger partial charge in [0.15, 0.2) is 0 Å². The molecular formula is C18H17BrN4O. The molecule has 24 heavy (non-hydrogen) atoms. The van der Waals surface area contributed by atoms with Gasteiger partial charge in [-0.3, -0.25) is 0 Å². The van der Waals surface area contributed by atoms with Crippen LogP contribution < -0.4 is 15.4 Å². The number of nitrogens with zero attached hydrogens (tertiary/aromatic N) is 2. The quantitative estimate of drug-likeness (QED) is 0.644. The molecule has 0 unspecified atom stereocenters. The van der Waals surface area contributed by atoms with E-state index in [0.717, 1.165) is 27.2 Å². The maximum absolute atomic E-state index is 5.37. The van der Waals surface area contributed by atoms with Crippen LogP contribution in [0.1, 0.15) is 5.56 Å². The van der Waals surface area contributed by atoms with Gasteiger partial charge in [-0.2, -0.15) is 4.98 Å². The predicted molar refractivity (Wildman–Crippen MR) is 100 cm³/mol. The Morgan fingerprint density at radius 3 is 2.62 bits per heavy atom. The molecular weight excluding hydrogens is 368 g/mol. The van der Waals surface area contributed by atoms with Gasteiger partial charge in [0.25, 0.3) is 0 Å². The standard InChI is InChI=1S/C18H17BrN4O/c1-12-7-8-16(24-2)15(11-12)22-18-20-10-9-17(23-18)21-14-6-4-3-5-13(14)19/h3-11H,1-2H3,(H2,20,21,22,23). The number of aryl methyl sites for hydroxylation is 1. The zero-order chi connectivity index (χ0) is 16.9. The van der Waals surface area contributed by atoms with Crippen LogP contribution in [0.2, 0.25) is 0 Å². The summed E-state index contributed by atoms with van der Waals surface area (Å²) in [5, 5.41) is 6.48. The maximum atomic E-state index is 5.37. The number of aromatic nitrogens is 2. The molecule has 2 aromatic carbocycles. The molecule has 0 bridgehead atoms. The fourth-order valence-electron chi connectivity index (χ4n) is 2.23. The minimum atomic E-state index is 0.496. The lowest BCUT2D eigenvalue weighted by molar-refractivity contribution is 0.416. The molecule has 0 aliphatic rings. The number of hydrogen-bond donors (Lipinski definition) is 2. The fraction of sp³-hybridized carbons (Fsp3) is 0.111. The number of para-hydroxylation sites is 1. The lowest BCUT2D eigenvalue weighted by Crippen LogP contribution is -2.02. The van der Waals surface area contributed by atoms with E-state index in [2.05, 4.69) is 36.5 Å². The van der Waals surface area contributed by atoms with Gasteiger partial charge in [0, 0.05) is 10.7 Å². The van der Waals surface area contributed by atoms with E-state index in [9.17, 15) is 0 Å². The average Bonchev–Trinajstić information content (AvgIpc) is 2.58. The van der Waals surface area contributed by atoms with E-state index < -0.39 is 0 Å². The molecule has 3 aromatic rings. The van der Waals surface area contributed by atoms with Crippen LogP contribution in [0.3, 0.4) is 0 Å². The van der Waals surface area contributed by atoms with E-state index in [4.69, 9.17) is 4.74 Å². The molecule has 2 N–H and O–H groups in total. The highest BCUT2D eigenvalue weighted by molar-refractivity contribution is 9.10. The number of methoxy groups -OCH3 is 1. The van der Waals surface area contributed by atoms with Crippen LogP contribution in [-0.2, 0) is 0 Å². The second-order valence-corrected chi connectivity index (χ2v) is 6.05. The van der Waals surface area contributed by atoms with Crippen LogP contribution in [0.15, 0.2) is 59.2 Å². The summed E-state index contributed by atoms with van der Waals surface area (Å²) in [5.74, 6) is 1.94. The van der Waals surface area contributed by atoms with Gasteiger partial charge in [0.1, 0.15) is 11.6 Å². The van der Waals surface area contributed by atoms with E-state index in [0.29, 0.717) is 11.8 Å². The molecule has 0 amide bonds. The monoisotopic (exact) mass is 384 g/mol. The Bertz CT molecular complexity index is 854. The molecule has 0 saturated heterocycles. The molecule has 0 fully saturated rings. The van der Waals surface area contributed by atoms with Gasteiger partial charge in [-0.15, -0.1) is 0 Å². The minimum Gasteiger partial charge on any atom is -0.495 e. The molecule has 0 aliphatic carbocycles. The van der Waals surface area contributed by atoms with Crippen LogP contribution in [0.4, 0.5) is 23.1 Å². The van der Waals surface area contributed by atoms with Crippen LogP contribution in [-0.4, -0.2) is 17.1 Å². The Labute approximate surface area is 149 Å². The normalized spacial score (nSPS) is 10.3. The van der Waals surface area contributed by atoms with Crippen molar-refractivity contribution in [1.82, 2.24) is 9.97 Å². The second kappa shape index (κ2) is 7.31. The molecule has 5 nitrogen and oxygen atoms in total.